The Balaban J connectivity index is 1.50. The van der Waals surface area contributed by atoms with Crippen LogP contribution in [0.25, 0.3) is 6.08 Å². The number of hydrogen-bond acceptors (Lipinski definition) is 7. The van der Waals surface area contributed by atoms with Crippen LogP contribution in [0.2, 0.25) is 0 Å². The molecule has 8 heteroatoms. The minimum atomic E-state index is -0.172. The molecule has 1 heterocycles. The number of hydrogen-bond donors (Lipinski definition) is 0. The maximum Gasteiger partial charge on any atom is 0.270 e. The Morgan fingerprint density at radius 3 is 2.24 bits per heavy atom. The van der Waals surface area contributed by atoms with E-state index in [1.165, 1.54) is 16.7 Å². The minimum absolute atomic E-state index is 0.172. The van der Waals surface area contributed by atoms with Crippen molar-refractivity contribution >= 4 is 46.0 Å². The first-order valence-corrected chi connectivity index (χ1v) is 11.7. The molecule has 174 valence electrons. The Labute approximate surface area is 208 Å². The van der Waals surface area contributed by atoms with Crippen molar-refractivity contribution in [3.8, 4) is 23.0 Å². The molecule has 6 nitrogen and oxygen atoms in total. The Morgan fingerprint density at radius 2 is 1.53 bits per heavy atom. The quantitative estimate of drug-likeness (QED) is 0.219. The lowest BCUT2D eigenvalue weighted by Gasteiger charge is -2.14. The largest absolute Gasteiger partial charge is 0.497 e. The van der Waals surface area contributed by atoms with Crippen LogP contribution in [0.15, 0.2) is 77.7 Å². The normalized spacial score (nSPS) is 14.4. The average molecular weight is 494 g/mol. The molecule has 1 saturated heterocycles. The standard InChI is InChI=1S/C26H23NO5S2/c1-29-20-12-13-21(31-14-15-32-23-11-7-6-10-22(23)30-2)18(16-20)17-24-25(28)27(26(33)34-24)19-8-4-3-5-9-19/h3-13,16-17H,14-15H2,1-2H3. The third-order valence-electron chi connectivity index (χ3n) is 4.98. The lowest BCUT2D eigenvalue weighted by Crippen LogP contribution is -2.27. The number of para-hydroxylation sites is 3. The van der Waals surface area contributed by atoms with E-state index in [1.807, 2.05) is 72.8 Å². The van der Waals surface area contributed by atoms with Crippen LogP contribution >= 0.6 is 24.0 Å². The summed E-state index contributed by atoms with van der Waals surface area (Å²) < 4.78 is 22.9. The molecule has 0 atom stereocenters. The van der Waals surface area contributed by atoms with Gasteiger partial charge in [-0.25, -0.2) is 0 Å². The van der Waals surface area contributed by atoms with Crippen molar-refractivity contribution in [3.63, 3.8) is 0 Å². The van der Waals surface area contributed by atoms with E-state index in [0.717, 1.165) is 5.69 Å². The van der Waals surface area contributed by atoms with Crippen molar-refractivity contribution in [1.82, 2.24) is 0 Å². The summed E-state index contributed by atoms with van der Waals surface area (Å²) in [5.41, 5.74) is 1.45. The molecule has 4 rings (SSSR count). The first-order valence-electron chi connectivity index (χ1n) is 10.5. The number of amides is 1. The number of anilines is 1. The molecule has 3 aromatic rings. The van der Waals surface area contributed by atoms with E-state index in [0.29, 0.717) is 51.0 Å². The Bertz CT molecular complexity index is 1210. The van der Waals surface area contributed by atoms with Gasteiger partial charge in [0.1, 0.15) is 24.7 Å². The van der Waals surface area contributed by atoms with Crippen LogP contribution in [-0.4, -0.2) is 37.7 Å². The number of thiocarbonyl (C=S) groups is 1. The predicted molar refractivity (Wildman–Crippen MR) is 139 cm³/mol. The monoisotopic (exact) mass is 493 g/mol. The van der Waals surface area contributed by atoms with E-state index in [2.05, 4.69) is 0 Å². The fourth-order valence-electron chi connectivity index (χ4n) is 3.35. The summed E-state index contributed by atoms with van der Waals surface area (Å²) >= 11 is 6.73. The van der Waals surface area contributed by atoms with E-state index < -0.39 is 0 Å². The van der Waals surface area contributed by atoms with Gasteiger partial charge in [0.05, 0.1) is 24.8 Å². The van der Waals surface area contributed by atoms with Crippen molar-refractivity contribution < 1.29 is 23.7 Å². The highest BCUT2D eigenvalue weighted by molar-refractivity contribution is 8.27. The number of nitrogens with zero attached hydrogens (tertiary/aromatic N) is 1. The van der Waals surface area contributed by atoms with Gasteiger partial charge in [-0.05, 0) is 48.5 Å². The molecule has 1 fully saturated rings. The second kappa shape index (κ2) is 11.1. The number of ether oxygens (including phenoxy) is 4. The van der Waals surface area contributed by atoms with E-state index in [9.17, 15) is 4.79 Å². The summed E-state index contributed by atoms with van der Waals surface area (Å²) in [6, 6.07) is 22.2. The molecule has 0 aliphatic carbocycles. The summed E-state index contributed by atoms with van der Waals surface area (Å²) in [6.45, 7) is 0.623. The molecule has 1 amide bonds. The fourth-order valence-corrected chi connectivity index (χ4v) is 4.64. The average Bonchev–Trinajstić information content (AvgIpc) is 3.15. The highest BCUT2D eigenvalue weighted by Gasteiger charge is 2.33. The van der Waals surface area contributed by atoms with Gasteiger partial charge in [-0.1, -0.05) is 54.3 Å². The van der Waals surface area contributed by atoms with Crippen LogP contribution in [0, 0.1) is 0 Å². The minimum Gasteiger partial charge on any atom is -0.497 e. The summed E-state index contributed by atoms with van der Waals surface area (Å²) in [5.74, 6) is 2.40. The van der Waals surface area contributed by atoms with Gasteiger partial charge in [0.2, 0.25) is 0 Å². The molecule has 0 radical (unpaired) electrons. The maximum atomic E-state index is 13.1. The van der Waals surface area contributed by atoms with Crippen LogP contribution in [0.1, 0.15) is 5.56 Å². The Morgan fingerprint density at radius 1 is 0.853 bits per heavy atom. The molecule has 0 spiro atoms. The molecule has 1 aliphatic rings. The van der Waals surface area contributed by atoms with Crippen LogP contribution < -0.4 is 23.8 Å². The number of benzene rings is 3. The molecular weight excluding hydrogens is 470 g/mol. The van der Waals surface area contributed by atoms with Gasteiger partial charge in [0, 0.05) is 5.56 Å². The topological polar surface area (TPSA) is 57.2 Å². The predicted octanol–water partition coefficient (Wildman–Crippen LogP) is 5.57. The molecule has 1 aliphatic heterocycles. The van der Waals surface area contributed by atoms with Gasteiger partial charge in [-0.2, -0.15) is 0 Å². The number of methoxy groups -OCH3 is 2. The van der Waals surface area contributed by atoms with Gasteiger partial charge in [0.25, 0.3) is 5.91 Å². The SMILES string of the molecule is COc1ccc(OCCOc2ccccc2OC)c(C=C2SC(=S)N(c3ccccc3)C2=O)c1. The number of carbonyl (C=O) groups is 1. The highest BCUT2D eigenvalue weighted by Crippen LogP contribution is 2.37. The summed E-state index contributed by atoms with van der Waals surface area (Å²) in [7, 11) is 3.19. The van der Waals surface area contributed by atoms with Crippen molar-refractivity contribution in [3.05, 3.63) is 83.3 Å². The van der Waals surface area contributed by atoms with Gasteiger partial charge in [0.15, 0.2) is 15.8 Å². The van der Waals surface area contributed by atoms with Gasteiger partial charge in [-0.3, -0.25) is 9.69 Å². The third-order valence-corrected chi connectivity index (χ3v) is 6.28. The van der Waals surface area contributed by atoms with Gasteiger partial charge < -0.3 is 18.9 Å². The van der Waals surface area contributed by atoms with Crippen LogP contribution in [-0.2, 0) is 4.79 Å². The number of rotatable bonds is 9. The first kappa shape index (κ1) is 23.7. The lowest BCUT2D eigenvalue weighted by atomic mass is 10.1. The summed E-state index contributed by atoms with van der Waals surface area (Å²) in [6.07, 6.45) is 1.78. The zero-order valence-electron chi connectivity index (χ0n) is 18.7. The van der Waals surface area contributed by atoms with E-state index >= 15 is 0 Å². The molecule has 0 saturated carbocycles. The summed E-state index contributed by atoms with van der Waals surface area (Å²) in [5, 5.41) is 0. The van der Waals surface area contributed by atoms with Crippen molar-refractivity contribution in [1.29, 1.82) is 0 Å². The van der Waals surface area contributed by atoms with Crippen LogP contribution in [0.5, 0.6) is 23.0 Å². The highest BCUT2D eigenvalue weighted by atomic mass is 32.2. The summed E-state index contributed by atoms with van der Waals surface area (Å²) in [4.78, 5) is 15.2. The van der Waals surface area contributed by atoms with Gasteiger partial charge in [-0.15, -0.1) is 0 Å². The van der Waals surface area contributed by atoms with Crippen LogP contribution in [0.3, 0.4) is 0 Å². The van der Waals surface area contributed by atoms with E-state index in [1.54, 1.807) is 20.3 Å². The zero-order chi connectivity index (χ0) is 23.9. The molecule has 0 N–H and O–H groups in total. The molecule has 0 aromatic heterocycles. The lowest BCUT2D eigenvalue weighted by molar-refractivity contribution is -0.113. The Hall–Kier alpha value is -3.49. The Kier molecular flexibility index (Phi) is 7.72. The van der Waals surface area contributed by atoms with E-state index in [-0.39, 0.29) is 5.91 Å². The number of thioether (sulfide) groups is 1. The zero-order valence-corrected chi connectivity index (χ0v) is 20.4. The molecular formula is C26H23NO5S2. The number of carbonyl (C=O) groups excluding carboxylic acids is 1. The molecule has 3 aromatic carbocycles. The fraction of sp³-hybridized carbons (Fsp3) is 0.154. The second-order valence-electron chi connectivity index (χ2n) is 7.10. The van der Waals surface area contributed by atoms with Crippen molar-refractivity contribution in [2.75, 3.05) is 32.3 Å². The smallest absolute Gasteiger partial charge is 0.270 e. The molecule has 34 heavy (non-hydrogen) atoms. The third kappa shape index (κ3) is 5.35. The molecule has 0 unspecified atom stereocenters. The maximum absolute atomic E-state index is 13.1. The van der Waals surface area contributed by atoms with Gasteiger partial charge >= 0.3 is 0 Å². The van der Waals surface area contributed by atoms with Crippen LogP contribution in [0.4, 0.5) is 5.69 Å². The van der Waals surface area contributed by atoms with E-state index in [4.69, 9.17) is 31.2 Å². The van der Waals surface area contributed by atoms with Crippen molar-refractivity contribution in [2.24, 2.45) is 0 Å². The second-order valence-corrected chi connectivity index (χ2v) is 8.78. The van der Waals surface area contributed by atoms with Crippen molar-refractivity contribution in [2.45, 2.75) is 0 Å². The molecule has 0 bridgehead atoms. The first-order chi connectivity index (χ1) is 16.6.